The Bertz CT molecular complexity index is 413. The van der Waals surface area contributed by atoms with Crippen LogP contribution in [0.15, 0.2) is 12.1 Å². The molecule has 0 unspecified atom stereocenters. The molecule has 0 radical (unpaired) electrons. The van der Waals surface area contributed by atoms with E-state index in [4.69, 9.17) is 4.74 Å². The first-order chi connectivity index (χ1) is 8.02. The molecule has 0 spiro atoms. The molecule has 0 saturated carbocycles. The van der Waals surface area contributed by atoms with Crippen LogP contribution < -0.4 is 10.1 Å². The number of aromatic hydroxyl groups is 3. The van der Waals surface area contributed by atoms with Crippen molar-refractivity contribution in [1.29, 1.82) is 0 Å². The van der Waals surface area contributed by atoms with Gasteiger partial charge in [-0.15, -0.1) is 0 Å². The van der Waals surface area contributed by atoms with E-state index >= 15 is 0 Å². The highest BCUT2D eigenvalue weighted by molar-refractivity contribution is 5.56. The van der Waals surface area contributed by atoms with Gasteiger partial charge in [-0.25, -0.2) is 0 Å². The SMILES string of the molecule is CC1(Oc2ccc(O)c(O)c2O)CCNCC1. The van der Waals surface area contributed by atoms with E-state index in [1.807, 2.05) is 6.92 Å². The Balaban J connectivity index is 2.21. The number of ether oxygens (including phenoxy) is 1. The van der Waals surface area contributed by atoms with E-state index in [1.54, 1.807) is 0 Å². The summed E-state index contributed by atoms with van der Waals surface area (Å²) in [6.45, 7) is 3.69. The summed E-state index contributed by atoms with van der Waals surface area (Å²) in [5, 5.41) is 31.5. The summed E-state index contributed by atoms with van der Waals surface area (Å²) in [6.07, 6.45) is 1.65. The van der Waals surface area contributed by atoms with Crippen molar-refractivity contribution in [2.24, 2.45) is 0 Å². The van der Waals surface area contributed by atoms with E-state index in [0.29, 0.717) is 0 Å². The van der Waals surface area contributed by atoms with Gasteiger partial charge in [0.15, 0.2) is 11.5 Å². The summed E-state index contributed by atoms with van der Waals surface area (Å²) in [5.74, 6) is -1.11. The van der Waals surface area contributed by atoms with Crippen molar-refractivity contribution in [1.82, 2.24) is 5.32 Å². The van der Waals surface area contributed by atoms with Crippen molar-refractivity contribution in [3.63, 3.8) is 0 Å². The lowest BCUT2D eigenvalue weighted by Crippen LogP contribution is -2.43. The Morgan fingerprint density at radius 2 is 1.76 bits per heavy atom. The average molecular weight is 239 g/mol. The highest BCUT2D eigenvalue weighted by Gasteiger charge is 2.30. The molecule has 94 valence electrons. The topological polar surface area (TPSA) is 82.0 Å². The fraction of sp³-hybridized carbons (Fsp3) is 0.500. The standard InChI is InChI=1S/C12H17NO4/c1-12(4-6-13-7-5-12)17-9-3-2-8(14)10(15)11(9)16/h2-3,13-16H,4-7H2,1H3. The Morgan fingerprint density at radius 3 is 2.41 bits per heavy atom. The summed E-state index contributed by atoms with van der Waals surface area (Å²) in [5.41, 5.74) is -0.355. The van der Waals surface area contributed by atoms with Crippen LogP contribution in [0.3, 0.4) is 0 Å². The zero-order chi connectivity index (χ0) is 12.5. The molecule has 1 aromatic carbocycles. The number of hydrogen-bond donors (Lipinski definition) is 4. The number of nitrogens with one attached hydrogen (secondary N) is 1. The Hall–Kier alpha value is -1.62. The molecule has 17 heavy (non-hydrogen) atoms. The lowest BCUT2D eigenvalue weighted by atomic mass is 9.94. The first-order valence-corrected chi connectivity index (χ1v) is 5.65. The minimum atomic E-state index is -0.542. The molecule has 5 nitrogen and oxygen atoms in total. The molecule has 1 aliphatic rings. The van der Waals surface area contributed by atoms with E-state index in [-0.39, 0.29) is 17.1 Å². The van der Waals surface area contributed by atoms with Crippen LogP contribution in [0.4, 0.5) is 0 Å². The van der Waals surface area contributed by atoms with Crippen LogP contribution >= 0.6 is 0 Å². The molecule has 0 bridgehead atoms. The van der Waals surface area contributed by atoms with Gasteiger partial charge >= 0.3 is 0 Å². The zero-order valence-electron chi connectivity index (χ0n) is 9.73. The molecule has 1 aromatic rings. The number of phenolic OH excluding ortho intramolecular Hbond substituents is 3. The highest BCUT2D eigenvalue weighted by Crippen LogP contribution is 2.43. The minimum absolute atomic E-state index is 0.199. The molecule has 0 aromatic heterocycles. The Morgan fingerprint density at radius 1 is 1.12 bits per heavy atom. The summed E-state index contributed by atoms with van der Waals surface area (Å²) in [6, 6.07) is 2.76. The molecule has 1 saturated heterocycles. The van der Waals surface area contributed by atoms with Gasteiger partial charge in [0.1, 0.15) is 5.60 Å². The fourth-order valence-corrected chi connectivity index (χ4v) is 1.96. The first kappa shape index (κ1) is 11.9. The number of benzene rings is 1. The van der Waals surface area contributed by atoms with E-state index in [2.05, 4.69) is 5.32 Å². The quantitative estimate of drug-likeness (QED) is 0.585. The van der Waals surface area contributed by atoms with Gasteiger partial charge in [-0.3, -0.25) is 0 Å². The normalized spacial score (nSPS) is 18.9. The van der Waals surface area contributed by atoms with E-state index in [0.717, 1.165) is 25.9 Å². The third kappa shape index (κ3) is 2.39. The van der Waals surface area contributed by atoms with Gasteiger partial charge in [-0.1, -0.05) is 0 Å². The second-order valence-electron chi connectivity index (χ2n) is 4.58. The maximum absolute atomic E-state index is 9.67. The molecule has 1 aliphatic heterocycles. The third-order valence-corrected chi connectivity index (χ3v) is 3.11. The smallest absolute Gasteiger partial charge is 0.204 e. The van der Waals surface area contributed by atoms with Gasteiger partial charge < -0.3 is 25.4 Å². The Labute approximate surface area is 99.7 Å². The average Bonchev–Trinajstić information content (AvgIpc) is 2.31. The predicted octanol–water partition coefficient (Wildman–Crippen LogP) is 1.32. The van der Waals surface area contributed by atoms with Crippen LogP contribution in [0.1, 0.15) is 19.8 Å². The van der Waals surface area contributed by atoms with Crippen molar-refractivity contribution in [3.8, 4) is 23.0 Å². The number of hydrogen-bond acceptors (Lipinski definition) is 5. The van der Waals surface area contributed by atoms with Crippen LogP contribution in [-0.2, 0) is 0 Å². The predicted molar refractivity (Wildman–Crippen MR) is 62.6 cm³/mol. The molecule has 1 fully saturated rings. The number of piperidine rings is 1. The molecular formula is C12H17NO4. The minimum Gasteiger partial charge on any atom is -0.504 e. The van der Waals surface area contributed by atoms with Gasteiger partial charge in [0.2, 0.25) is 11.5 Å². The maximum Gasteiger partial charge on any atom is 0.204 e. The lowest BCUT2D eigenvalue weighted by Gasteiger charge is -2.34. The van der Waals surface area contributed by atoms with Crippen LogP contribution in [0.5, 0.6) is 23.0 Å². The van der Waals surface area contributed by atoms with Crippen molar-refractivity contribution in [3.05, 3.63) is 12.1 Å². The molecule has 1 heterocycles. The van der Waals surface area contributed by atoms with Gasteiger partial charge in [-0.2, -0.15) is 0 Å². The van der Waals surface area contributed by atoms with Gasteiger partial charge in [0.25, 0.3) is 0 Å². The molecule has 0 amide bonds. The monoisotopic (exact) mass is 239 g/mol. The van der Waals surface area contributed by atoms with Gasteiger partial charge in [0, 0.05) is 0 Å². The second kappa shape index (κ2) is 4.33. The highest BCUT2D eigenvalue weighted by atomic mass is 16.5. The first-order valence-electron chi connectivity index (χ1n) is 5.65. The van der Waals surface area contributed by atoms with E-state index in [1.165, 1.54) is 12.1 Å². The fourth-order valence-electron chi connectivity index (χ4n) is 1.96. The molecule has 5 heteroatoms. The molecule has 2 rings (SSSR count). The maximum atomic E-state index is 9.67. The van der Waals surface area contributed by atoms with Crippen molar-refractivity contribution < 1.29 is 20.1 Å². The second-order valence-corrected chi connectivity index (χ2v) is 4.58. The lowest BCUT2D eigenvalue weighted by molar-refractivity contribution is 0.0522. The van der Waals surface area contributed by atoms with Crippen LogP contribution in [-0.4, -0.2) is 34.0 Å². The number of phenols is 3. The summed E-state index contributed by atoms with van der Waals surface area (Å²) in [4.78, 5) is 0. The summed E-state index contributed by atoms with van der Waals surface area (Å²) < 4.78 is 5.75. The zero-order valence-corrected chi connectivity index (χ0v) is 9.73. The van der Waals surface area contributed by atoms with E-state index < -0.39 is 11.5 Å². The van der Waals surface area contributed by atoms with Crippen molar-refractivity contribution >= 4 is 0 Å². The van der Waals surface area contributed by atoms with Crippen molar-refractivity contribution in [2.45, 2.75) is 25.4 Å². The number of rotatable bonds is 2. The molecule has 0 aliphatic carbocycles. The largest absolute Gasteiger partial charge is 0.504 e. The molecule has 0 atom stereocenters. The summed E-state index contributed by atoms with van der Waals surface area (Å²) >= 11 is 0. The van der Waals surface area contributed by atoms with E-state index in [9.17, 15) is 15.3 Å². The third-order valence-electron chi connectivity index (χ3n) is 3.11. The van der Waals surface area contributed by atoms with Crippen LogP contribution in [0, 0.1) is 0 Å². The Kier molecular flexibility index (Phi) is 3.02. The molecular weight excluding hydrogens is 222 g/mol. The molecule has 4 N–H and O–H groups in total. The van der Waals surface area contributed by atoms with Gasteiger partial charge in [-0.05, 0) is 45.0 Å². The van der Waals surface area contributed by atoms with Gasteiger partial charge in [0.05, 0.1) is 0 Å². The summed E-state index contributed by atoms with van der Waals surface area (Å²) in [7, 11) is 0. The van der Waals surface area contributed by atoms with Crippen molar-refractivity contribution in [2.75, 3.05) is 13.1 Å². The van der Waals surface area contributed by atoms with Crippen LogP contribution in [0.2, 0.25) is 0 Å². The van der Waals surface area contributed by atoms with Crippen LogP contribution in [0.25, 0.3) is 0 Å².